The maximum Gasteiger partial charge on any atom is 0.164 e. The Labute approximate surface area is 308 Å². The number of para-hydroxylation sites is 1. The van der Waals surface area contributed by atoms with E-state index in [1.54, 1.807) is 5.56 Å². The lowest BCUT2D eigenvalue weighted by molar-refractivity contribution is -0.0399. The fourth-order valence-electron chi connectivity index (χ4n) is 11.4. The van der Waals surface area contributed by atoms with Gasteiger partial charge < -0.3 is 4.42 Å². The first kappa shape index (κ1) is 29.7. The van der Waals surface area contributed by atoms with Gasteiger partial charge in [0.2, 0.25) is 0 Å². The van der Waals surface area contributed by atoms with Gasteiger partial charge in [0, 0.05) is 32.9 Å². The van der Waals surface area contributed by atoms with Crippen LogP contribution in [0.4, 0.5) is 0 Å². The van der Waals surface area contributed by atoms with Crippen LogP contribution in [0.15, 0.2) is 144 Å². The SMILES string of the molecule is c1ccc(-c2nc(-c3ccc(-c4ccc5oc6ccccc6c5c4)cc3)nc(-c3ccc4c(c3)C3(c5ccccc5-4)C4CC5CC(C4)CC3C5)n2)cc1. The second-order valence-electron chi connectivity index (χ2n) is 16.0. The van der Waals surface area contributed by atoms with Gasteiger partial charge in [0.05, 0.1) is 0 Å². The Morgan fingerprint density at radius 2 is 0.981 bits per heavy atom. The van der Waals surface area contributed by atoms with Crippen LogP contribution in [0.3, 0.4) is 0 Å². The summed E-state index contributed by atoms with van der Waals surface area (Å²) in [6.45, 7) is 0. The first-order chi connectivity index (χ1) is 26.2. The summed E-state index contributed by atoms with van der Waals surface area (Å²) in [6, 6.07) is 50.0. The summed E-state index contributed by atoms with van der Waals surface area (Å²) in [5.74, 6) is 5.33. The molecule has 8 aromatic rings. The van der Waals surface area contributed by atoms with Gasteiger partial charge in [-0.25, -0.2) is 15.0 Å². The molecule has 5 aliphatic carbocycles. The van der Waals surface area contributed by atoms with E-state index in [2.05, 4.69) is 121 Å². The zero-order valence-electron chi connectivity index (χ0n) is 29.4. The van der Waals surface area contributed by atoms with E-state index in [0.29, 0.717) is 23.5 Å². The van der Waals surface area contributed by atoms with Gasteiger partial charge in [-0.15, -0.1) is 0 Å². The zero-order valence-corrected chi connectivity index (χ0v) is 29.4. The summed E-state index contributed by atoms with van der Waals surface area (Å²) < 4.78 is 6.09. The Bertz CT molecular complexity index is 2720. The number of hydrogen-bond acceptors (Lipinski definition) is 4. The van der Waals surface area contributed by atoms with Crippen LogP contribution in [-0.4, -0.2) is 15.0 Å². The van der Waals surface area contributed by atoms with Gasteiger partial charge in [0.15, 0.2) is 17.5 Å². The van der Waals surface area contributed by atoms with Gasteiger partial charge >= 0.3 is 0 Å². The third-order valence-electron chi connectivity index (χ3n) is 13.3. The van der Waals surface area contributed by atoms with Crippen LogP contribution in [0.1, 0.15) is 43.2 Å². The first-order valence-corrected chi connectivity index (χ1v) is 19.3. The molecule has 2 heterocycles. The number of nitrogens with zero attached hydrogens (tertiary/aromatic N) is 3. The Balaban J connectivity index is 0.976. The predicted molar refractivity (Wildman–Crippen MR) is 212 cm³/mol. The van der Waals surface area contributed by atoms with Gasteiger partial charge in [0.25, 0.3) is 0 Å². The lowest BCUT2D eigenvalue weighted by Crippen LogP contribution is -2.55. The molecule has 2 aromatic heterocycles. The standard InChI is InChI=1S/C49H37N3O/c1-2-8-32(9-3-1)46-50-47(33-16-14-31(15-17-33)34-19-21-45-41(27-34)40-11-5-7-13-44(40)53-45)52-48(51-46)35-18-20-39-38-10-4-6-12-42(38)49(43(39)28-35)36-23-29-22-30(25-36)26-37(49)24-29/h1-21,27-30,36-37H,22-26H2. The van der Waals surface area contributed by atoms with E-state index in [1.165, 1.54) is 48.8 Å². The number of fused-ring (bicyclic) bond motifs is 6. The minimum Gasteiger partial charge on any atom is -0.456 e. The third-order valence-corrected chi connectivity index (χ3v) is 13.3. The molecule has 53 heavy (non-hydrogen) atoms. The van der Waals surface area contributed by atoms with Crippen LogP contribution in [0, 0.1) is 23.7 Å². The first-order valence-electron chi connectivity index (χ1n) is 19.3. The molecule has 4 heteroatoms. The molecule has 4 bridgehead atoms. The Hall–Kier alpha value is -5.87. The zero-order chi connectivity index (χ0) is 34.7. The quantitative estimate of drug-likeness (QED) is 0.185. The third kappa shape index (κ3) is 4.32. The topological polar surface area (TPSA) is 51.8 Å². The summed E-state index contributed by atoms with van der Waals surface area (Å²) >= 11 is 0. The molecular formula is C49H37N3O. The van der Waals surface area contributed by atoms with Crippen molar-refractivity contribution < 1.29 is 4.42 Å². The van der Waals surface area contributed by atoms with Crippen LogP contribution >= 0.6 is 0 Å². The van der Waals surface area contributed by atoms with Crippen molar-refractivity contribution in [2.75, 3.05) is 0 Å². The molecule has 0 amide bonds. The highest BCUT2D eigenvalue weighted by Gasteiger charge is 2.61. The highest BCUT2D eigenvalue weighted by molar-refractivity contribution is 6.06. The minimum atomic E-state index is 0.0923. The van der Waals surface area contributed by atoms with Gasteiger partial charge in [-0.1, -0.05) is 115 Å². The smallest absolute Gasteiger partial charge is 0.164 e. The molecule has 1 spiro atoms. The van der Waals surface area contributed by atoms with E-state index in [4.69, 9.17) is 19.4 Å². The van der Waals surface area contributed by atoms with Crippen LogP contribution in [-0.2, 0) is 5.41 Å². The maximum atomic E-state index is 6.09. The summed E-state index contributed by atoms with van der Waals surface area (Å²) in [6.07, 6.45) is 6.90. The van der Waals surface area contributed by atoms with E-state index >= 15 is 0 Å². The molecule has 0 unspecified atom stereocenters. The molecule has 0 saturated heterocycles. The van der Waals surface area contributed by atoms with Crippen LogP contribution in [0.25, 0.3) is 78.4 Å². The van der Waals surface area contributed by atoms with E-state index in [-0.39, 0.29) is 5.41 Å². The van der Waals surface area contributed by atoms with Crippen molar-refractivity contribution in [2.24, 2.45) is 23.7 Å². The van der Waals surface area contributed by atoms with Crippen LogP contribution < -0.4 is 0 Å². The van der Waals surface area contributed by atoms with Crippen molar-refractivity contribution in [3.05, 3.63) is 151 Å². The molecule has 0 radical (unpaired) electrons. The number of aromatic nitrogens is 3. The highest BCUT2D eigenvalue weighted by atomic mass is 16.3. The lowest BCUT2D eigenvalue weighted by Gasteiger charge is -2.61. The van der Waals surface area contributed by atoms with Gasteiger partial charge in [-0.05, 0) is 113 Å². The van der Waals surface area contributed by atoms with Crippen molar-refractivity contribution in [2.45, 2.75) is 37.5 Å². The summed E-state index contributed by atoms with van der Waals surface area (Å²) in [7, 11) is 0. The van der Waals surface area contributed by atoms with E-state index in [0.717, 1.165) is 67.4 Å². The van der Waals surface area contributed by atoms with Crippen molar-refractivity contribution >= 4 is 21.9 Å². The Kier molecular flexibility index (Phi) is 6.20. The minimum absolute atomic E-state index is 0.0923. The number of furan rings is 1. The van der Waals surface area contributed by atoms with Crippen molar-refractivity contribution in [1.29, 1.82) is 0 Å². The Morgan fingerprint density at radius 1 is 0.415 bits per heavy atom. The Morgan fingerprint density at radius 3 is 1.75 bits per heavy atom. The van der Waals surface area contributed by atoms with Crippen molar-refractivity contribution in [3.63, 3.8) is 0 Å². The predicted octanol–water partition coefficient (Wildman–Crippen LogP) is 12.2. The van der Waals surface area contributed by atoms with Crippen LogP contribution in [0.5, 0.6) is 0 Å². The summed E-state index contributed by atoms with van der Waals surface area (Å²) in [5, 5.41) is 2.27. The van der Waals surface area contributed by atoms with E-state index in [1.807, 2.05) is 18.2 Å². The second kappa shape index (κ2) is 11.1. The average Bonchev–Trinajstić information content (AvgIpc) is 3.73. The highest BCUT2D eigenvalue weighted by Crippen LogP contribution is 2.69. The molecule has 13 rings (SSSR count). The fraction of sp³-hybridized carbons (Fsp3) is 0.204. The molecule has 5 aliphatic rings. The lowest BCUT2D eigenvalue weighted by atomic mass is 9.43. The monoisotopic (exact) mass is 683 g/mol. The van der Waals surface area contributed by atoms with E-state index in [9.17, 15) is 0 Å². The van der Waals surface area contributed by atoms with E-state index < -0.39 is 0 Å². The molecule has 4 saturated carbocycles. The molecule has 254 valence electrons. The second-order valence-corrected chi connectivity index (χ2v) is 16.0. The van der Waals surface area contributed by atoms with Crippen molar-refractivity contribution in [1.82, 2.24) is 15.0 Å². The normalized spacial score (nSPS) is 23.5. The van der Waals surface area contributed by atoms with Crippen LogP contribution in [0.2, 0.25) is 0 Å². The van der Waals surface area contributed by atoms with Gasteiger partial charge in [-0.3, -0.25) is 0 Å². The molecule has 0 aliphatic heterocycles. The molecule has 4 fully saturated rings. The summed E-state index contributed by atoms with van der Waals surface area (Å²) in [5.41, 5.74) is 13.1. The molecule has 0 atom stereocenters. The number of benzene rings is 6. The number of rotatable bonds is 4. The van der Waals surface area contributed by atoms with Crippen molar-refractivity contribution in [3.8, 4) is 56.4 Å². The molecular weight excluding hydrogens is 647 g/mol. The average molecular weight is 684 g/mol. The molecule has 6 aromatic carbocycles. The molecule has 0 N–H and O–H groups in total. The van der Waals surface area contributed by atoms with Gasteiger partial charge in [0.1, 0.15) is 11.2 Å². The van der Waals surface area contributed by atoms with Gasteiger partial charge in [-0.2, -0.15) is 0 Å². The molecule has 4 nitrogen and oxygen atoms in total. The number of hydrogen-bond donors (Lipinski definition) is 0. The maximum absolute atomic E-state index is 6.09. The summed E-state index contributed by atoms with van der Waals surface area (Å²) in [4.78, 5) is 15.5. The largest absolute Gasteiger partial charge is 0.456 e. The fourth-order valence-corrected chi connectivity index (χ4v) is 11.4.